The molecule has 0 aliphatic carbocycles. The van der Waals surface area contributed by atoms with Crippen LogP contribution in [0.4, 0.5) is 4.39 Å². The molecule has 0 spiro atoms. The summed E-state index contributed by atoms with van der Waals surface area (Å²) in [6.07, 6.45) is 5.38. The maximum atomic E-state index is 13.5. The third-order valence-electron chi connectivity index (χ3n) is 3.18. The van der Waals surface area contributed by atoms with Crippen molar-refractivity contribution in [2.75, 3.05) is 0 Å². The molecule has 2 nitrogen and oxygen atoms in total. The van der Waals surface area contributed by atoms with E-state index in [0.717, 1.165) is 24.4 Å². The minimum Gasteiger partial charge on any atom is -0.328 e. The number of nitrogens with zero attached hydrogens (tertiary/aromatic N) is 2. The van der Waals surface area contributed by atoms with Gasteiger partial charge in [-0.05, 0) is 53.4 Å². The first-order valence-electron chi connectivity index (χ1n) is 5.75. The Bertz CT molecular complexity index is 563. The van der Waals surface area contributed by atoms with Crippen LogP contribution in [0, 0.1) is 5.82 Å². The van der Waals surface area contributed by atoms with Crippen LogP contribution in [-0.4, -0.2) is 9.55 Å². The maximum Gasteiger partial charge on any atom is 0.140 e. The van der Waals surface area contributed by atoms with Gasteiger partial charge in [-0.25, -0.2) is 9.37 Å². The molecular formula is C13H12BrFN2. The van der Waals surface area contributed by atoms with E-state index < -0.39 is 0 Å². The van der Waals surface area contributed by atoms with Crippen molar-refractivity contribution in [1.82, 2.24) is 9.55 Å². The van der Waals surface area contributed by atoms with Crippen molar-refractivity contribution in [2.45, 2.75) is 25.8 Å². The molecule has 0 amide bonds. The third kappa shape index (κ3) is 1.90. The van der Waals surface area contributed by atoms with E-state index in [-0.39, 0.29) is 5.82 Å². The van der Waals surface area contributed by atoms with Crippen LogP contribution < -0.4 is 0 Å². The molecule has 17 heavy (non-hydrogen) atoms. The Morgan fingerprint density at radius 1 is 1.29 bits per heavy atom. The van der Waals surface area contributed by atoms with Crippen molar-refractivity contribution in [3.8, 4) is 11.4 Å². The Morgan fingerprint density at radius 3 is 3.00 bits per heavy atom. The summed E-state index contributed by atoms with van der Waals surface area (Å²) < 4.78 is 16.2. The molecule has 1 aromatic carbocycles. The van der Waals surface area contributed by atoms with Gasteiger partial charge in [0, 0.05) is 24.0 Å². The van der Waals surface area contributed by atoms with E-state index in [1.54, 1.807) is 6.07 Å². The molecule has 2 aromatic rings. The Morgan fingerprint density at radius 2 is 2.18 bits per heavy atom. The lowest BCUT2D eigenvalue weighted by atomic mass is 10.1. The quantitative estimate of drug-likeness (QED) is 0.782. The second-order valence-electron chi connectivity index (χ2n) is 4.31. The van der Waals surface area contributed by atoms with Gasteiger partial charge in [0.25, 0.3) is 0 Å². The van der Waals surface area contributed by atoms with Gasteiger partial charge in [0.2, 0.25) is 0 Å². The molecule has 0 saturated heterocycles. The van der Waals surface area contributed by atoms with Crippen LogP contribution in [0.25, 0.3) is 11.4 Å². The van der Waals surface area contributed by atoms with Crippen LogP contribution in [0.1, 0.15) is 18.5 Å². The number of benzene rings is 1. The first-order chi connectivity index (χ1) is 8.25. The summed E-state index contributed by atoms with van der Waals surface area (Å²) in [4.78, 5) is 4.42. The number of rotatable bonds is 1. The molecule has 0 N–H and O–H groups in total. The van der Waals surface area contributed by atoms with Crippen LogP contribution in [-0.2, 0) is 13.0 Å². The Balaban J connectivity index is 2.09. The molecule has 0 atom stereocenters. The van der Waals surface area contributed by atoms with Crippen molar-refractivity contribution >= 4 is 15.9 Å². The highest BCUT2D eigenvalue weighted by Gasteiger charge is 2.15. The molecule has 1 aliphatic rings. The summed E-state index contributed by atoms with van der Waals surface area (Å²) in [5.74, 6) is 0.641. The second kappa shape index (κ2) is 4.26. The summed E-state index contributed by atoms with van der Waals surface area (Å²) in [7, 11) is 0. The molecule has 0 fully saturated rings. The summed E-state index contributed by atoms with van der Waals surface area (Å²) in [6.45, 7) is 0.988. The number of hydrogen-bond donors (Lipinski definition) is 0. The lowest BCUT2D eigenvalue weighted by molar-refractivity contribution is 0.536. The fourth-order valence-corrected chi connectivity index (χ4v) is 2.55. The van der Waals surface area contributed by atoms with Crippen molar-refractivity contribution < 1.29 is 4.39 Å². The summed E-state index contributed by atoms with van der Waals surface area (Å²) in [5.41, 5.74) is 2.11. The Labute approximate surface area is 108 Å². The SMILES string of the molecule is Fc1cc(-c2ncc3n2CCCC3)ccc1Br. The van der Waals surface area contributed by atoms with Crippen LogP contribution >= 0.6 is 15.9 Å². The van der Waals surface area contributed by atoms with Gasteiger partial charge in [-0.1, -0.05) is 0 Å². The Kier molecular flexibility index (Phi) is 2.74. The lowest BCUT2D eigenvalue weighted by Crippen LogP contribution is -2.10. The van der Waals surface area contributed by atoms with E-state index in [9.17, 15) is 4.39 Å². The monoisotopic (exact) mass is 294 g/mol. The smallest absolute Gasteiger partial charge is 0.140 e. The highest BCUT2D eigenvalue weighted by atomic mass is 79.9. The van der Waals surface area contributed by atoms with E-state index >= 15 is 0 Å². The number of aryl methyl sites for hydroxylation is 1. The fraction of sp³-hybridized carbons (Fsp3) is 0.308. The zero-order chi connectivity index (χ0) is 11.8. The molecule has 2 heterocycles. The van der Waals surface area contributed by atoms with Gasteiger partial charge in [-0.15, -0.1) is 0 Å². The van der Waals surface area contributed by atoms with Gasteiger partial charge in [0.05, 0.1) is 4.47 Å². The molecule has 0 unspecified atom stereocenters. The molecule has 1 aliphatic heterocycles. The molecule has 88 valence electrons. The number of hydrogen-bond acceptors (Lipinski definition) is 1. The maximum absolute atomic E-state index is 13.5. The van der Waals surface area contributed by atoms with Gasteiger partial charge < -0.3 is 4.57 Å². The number of imidazole rings is 1. The number of fused-ring (bicyclic) bond motifs is 1. The van der Waals surface area contributed by atoms with Crippen LogP contribution in [0.5, 0.6) is 0 Å². The van der Waals surface area contributed by atoms with Gasteiger partial charge in [-0.3, -0.25) is 0 Å². The number of halogens is 2. The van der Waals surface area contributed by atoms with Gasteiger partial charge >= 0.3 is 0 Å². The van der Waals surface area contributed by atoms with Crippen LogP contribution in [0.3, 0.4) is 0 Å². The van der Waals surface area contributed by atoms with E-state index in [4.69, 9.17) is 0 Å². The summed E-state index contributed by atoms with van der Waals surface area (Å²) in [6, 6.07) is 5.17. The minimum atomic E-state index is -0.240. The first-order valence-corrected chi connectivity index (χ1v) is 6.55. The molecule has 0 radical (unpaired) electrons. The van der Waals surface area contributed by atoms with E-state index in [2.05, 4.69) is 25.5 Å². The van der Waals surface area contributed by atoms with Crippen LogP contribution in [0.2, 0.25) is 0 Å². The molecular weight excluding hydrogens is 283 g/mol. The Hall–Kier alpha value is -1.16. The van der Waals surface area contributed by atoms with Crippen molar-refractivity contribution in [1.29, 1.82) is 0 Å². The van der Waals surface area contributed by atoms with Gasteiger partial charge in [0.1, 0.15) is 11.6 Å². The third-order valence-corrected chi connectivity index (χ3v) is 3.82. The largest absolute Gasteiger partial charge is 0.328 e. The molecule has 4 heteroatoms. The highest BCUT2D eigenvalue weighted by molar-refractivity contribution is 9.10. The molecule has 0 bridgehead atoms. The fourth-order valence-electron chi connectivity index (χ4n) is 2.30. The zero-order valence-corrected chi connectivity index (χ0v) is 10.9. The standard InChI is InChI=1S/C13H12BrFN2/c14-11-5-4-9(7-12(11)15)13-16-8-10-3-1-2-6-17(10)13/h4-5,7-8H,1-3,6H2. The first kappa shape index (κ1) is 11.0. The predicted molar refractivity (Wildman–Crippen MR) is 68.3 cm³/mol. The molecule has 0 saturated carbocycles. The zero-order valence-electron chi connectivity index (χ0n) is 9.29. The van der Waals surface area contributed by atoms with Crippen molar-refractivity contribution in [3.05, 3.63) is 40.4 Å². The lowest BCUT2D eigenvalue weighted by Gasteiger charge is -2.16. The normalized spacial score (nSPS) is 14.7. The van der Waals surface area contributed by atoms with Crippen molar-refractivity contribution in [2.24, 2.45) is 0 Å². The van der Waals surface area contributed by atoms with Gasteiger partial charge in [-0.2, -0.15) is 0 Å². The van der Waals surface area contributed by atoms with Crippen molar-refractivity contribution in [3.63, 3.8) is 0 Å². The highest BCUT2D eigenvalue weighted by Crippen LogP contribution is 2.27. The average Bonchev–Trinajstić information content (AvgIpc) is 2.76. The van der Waals surface area contributed by atoms with E-state index in [1.165, 1.54) is 24.6 Å². The average molecular weight is 295 g/mol. The summed E-state index contributed by atoms with van der Waals surface area (Å²) >= 11 is 3.17. The minimum absolute atomic E-state index is 0.240. The van der Waals surface area contributed by atoms with E-state index in [1.807, 2.05) is 12.3 Å². The number of aromatic nitrogens is 2. The predicted octanol–water partition coefficient (Wildman–Crippen LogP) is 3.79. The van der Waals surface area contributed by atoms with Crippen LogP contribution in [0.15, 0.2) is 28.9 Å². The second-order valence-corrected chi connectivity index (χ2v) is 5.17. The van der Waals surface area contributed by atoms with E-state index in [0.29, 0.717) is 4.47 Å². The summed E-state index contributed by atoms with van der Waals surface area (Å²) in [5, 5.41) is 0. The topological polar surface area (TPSA) is 17.8 Å². The molecule has 1 aromatic heterocycles. The van der Waals surface area contributed by atoms with Gasteiger partial charge in [0.15, 0.2) is 0 Å². The molecule has 3 rings (SSSR count).